The largest absolute Gasteiger partial charge is 0.481 e. The number of nitrogens with zero attached hydrogens (tertiary/aromatic N) is 1. The van der Waals surface area contributed by atoms with Crippen LogP contribution in [0.15, 0.2) is 30.3 Å². The molecule has 3 N–H and O–H groups in total. The predicted octanol–water partition coefficient (Wildman–Crippen LogP) is 1.45. The molecule has 2 amide bonds. The van der Waals surface area contributed by atoms with E-state index < -0.39 is 29.8 Å². The van der Waals surface area contributed by atoms with Gasteiger partial charge in [0.05, 0.1) is 11.8 Å². The molecule has 25 heavy (non-hydrogen) atoms. The van der Waals surface area contributed by atoms with E-state index in [-0.39, 0.29) is 12.3 Å². The molecule has 3 atom stereocenters. The van der Waals surface area contributed by atoms with Gasteiger partial charge in [0, 0.05) is 13.5 Å². The smallest absolute Gasteiger partial charge is 0.307 e. The number of hydroxylamine groups is 1. The topological polar surface area (TPSA) is 107 Å². The van der Waals surface area contributed by atoms with E-state index in [9.17, 15) is 19.5 Å². The highest BCUT2D eigenvalue weighted by molar-refractivity contribution is 5.90. The summed E-state index contributed by atoms with van der Waals surface area (Å²) in [6, 6.07) is 8.25. The second-order valence-corrected chi connectivity index (χ2v) is 6.47. The maximum absolute atomic E-state index is 12.9. The normalized spacial score (nSPS) is 21.2. The minimum Gasteiger partial charge on any atom is -0.481 e. The average molecular weight is 348 g/mol. The van der Waals surface area contributed by atoms with E-state index >= 15 is 0 Å². The first kappa shape index (κ1) is 18.9. The molecule has 1 aromatic carbocycles. The molecule has 7 heteroatoms. The summed E-state index contributed by atoms with van der Waals surface area (Å²) in [5, 5.41) is 18.4. The molecular weight excluding hydrogens is 324 g/mol. The van der Waals surface area contributed by atoms with Gasteiger partial charge >= 0.3 is 5.97 Å². The number of carboxylic acid groups (broad SMARTS) is 1. The molecule has 1 aliphatic carbocycles. The molecule has 0 bridgehead atoms. The Labute approximate surface area is 146 Å². The molecule has 0 heterocycles. The maximum atomic E-state index is 12.9. The first-order valence-electron chi connectivity index (χ1n) is 8.43. The van der Waals surface area contributed by atoms with Crippen LogP contribution in [0.1, 0.15) is 31.2 Å². The lowest BCUT2D eigenvalue weighted by Gasteiger charge is -2.34. The summed E-state index contributed by atoms with van der Waals surface area (Å²) < 4.78 is 0. The number of hydrogen-bond acceptors (Lipinski definition) is 4. The van der Waals surface area contributed by atoms with Crippen molar-refractivity contribution in [3.63, 3.8) is 0 Å². The van der Waals surface area contributed by atoms with Crippen LogP contribution in [0, 0.1) is 11.8 Å². The van der Waals surface area contributed by atoms with Crippen molar-refractivity contribution >= 4 is 17.8 Å². The number of carboxylic acids is 1. The van der Waals surface area contributed by atoms with Gasteiger partial charge in [-0.25, -0.2) is 5.48 Å². The van der Waals surface area contributed by atoms with E-state index in [1.807, 2.05) is 30.3 Å². The van der Waals surface area contributed by atoms with Gasteiger partial charge < -0.3 is 10.0 Å². The first-order chi connectivity index (χ1) is 12.0. The zero-order valence-electron chi connectivity index (χ0n) is 14.2. The fourth-order valence-electron chi connectivity index (χ4n) is 3.45. The van der Waals surface area contributed by atoms with E-state index in [1.54, 1.807) is 5.48 Å². The molecular formula is C18H24N2O5. The number of carbonyl (C=O) groups excluding carboxylic acids is 2. The number of benzene rings is 1. The van der Waals surface area contributed by atoms with Gasteiger partial charge in [0.25, 0.3) is 5.91 Å². The van der Waals surface area contributed by atoms with E-state index in [1.165, 1.54) is 11.9 Å². The highest BCUT2D eigenvalue weighted by Crippen LogP contribution is 2.32. The van der Waals surface area contributed by atoms with Crippen LogP contribution in [0.25, 0.3) is 0 Å². The van der Waals surface area contributed by atoms with Crippen LogP contribution in [0.4, 0.5) is 0 Å². The van der Waals surface area contributed by atoms with Crippen LogP contribution in [0.3, 0.4) is 0 Å². The van der Waals surface area contributed by atoms with Gasteiger partial charge in [-0.2, -0.15) is 0 Å². The summed E-state index contributed by atoms with van der Waals surface area (Å²) >= 11 is 0. The van der Waals surface area contributed by atoms with E-state index in [0.29, 0.717) is 12.8 Å². The van der Waals surface area contributed by atoms with Crippen LogP contribution < -0.4 is 5.48 Å². The van der Waals surface area contributed by atoms with Crippen LogP contribution in [0.5, 0.6) is 0 Å². The molecule has 0 aliphatic heterocycles. The van der Waals surface area contributed by atoms with Crippen molar-refractivity contribution in [1.82, 2.24) is 10.4 Å². The highest BCUT2D eigenvalue weighted by Gasteiger charge is 2.39. The van der Waals surface area contributed by atoms with Gasteiger partial charge in [0.2, 0.25) is 5.91 Å². The fourth-order valence-corrected chi connectivity index (χ4v) is 3.45. The van der Waals surface area contributed by atoms with Gasteiger partial charge in [-0.1, -0.05) is 43.2 Å². The summed E-state index contributed by atoms with van der Waals surface area (Å²) in [7, 11) is 1.48. The second-order valence-electron chi connectivity index (χ2n) is 6.47. The Kier molecular flexibility index (Phi) is 6.52. The van der Waals surface area contributed by atoms with Crippen LogP contribution >= 0.6 is 0 Å². The Morgan fingerprint density at radius 1 is 1.16 bits per heavy atom. The highest BCUT2D eigenvalue weighted by atomic mass is 16.5. The van der Waals surface area contributed by atoms with Crippen LogP contribution in [-0.2, 0) is 20.8 Å². The molecule has 0 radical (unpaired) electrons. The number of rotatable bonds is 6. The lowest BCUT2D eigenvalue weighted by Crippen LogP contribution is -2.51. The standard InChI is InChI=1S/C18H24N2O5/c1-20(17(22)13-9-5-6-10-14(13)18(23)24)15(16(21)19-25)11-12-7-3-2-4-8-12/h2-4,7-8,13-15,25H,5-6,9-11H2,1H3,(H,19,21)(H,23,24)/t13-,14-,15?/m0/s1. The van der Waals surface area contributed by atoms with Crippen molar-refractivity contribution in [2.75, 3.05) is 7.05 Å². The number of amides is 2. The summed E-state index contributed by atoms with van der Waals surface area (Å²) in [5.74, 6) is -3.39. The van der Waals surface area contributed by atoms with Gasteiger partial charge in [-0.15, -0.1) is 0 Å². The molecule has 1 saturated carbocycles. The van der Waals surface area contributed by atoms with Crippen molar-refractivity contribution in [2.45, 2.75) is 38.1 Å². The fraction of sp³-hybridized carbons (Fsp3) is 0.500. The van der Waals surface area contributed by atoms with Gasteiger partial charge in [0.1, 0.15) is 6.04 Å². The van der Waals surface area contributed by atoms with Crippen molar-refractivity contribution in [2.24, 2.45) is 11.8 Å². The third kappa shape index (κ3) is 4.57. The molecule has 0 saturated heterocycles. The zero-order valence-corrected chi connectivity index (χ0v) is 14.2. The van der Waals surface area contributed by atoms with E-state index in [0.717, 1.165) is 18.4 Å². The number of hydrogen-bond donors (Lipinski definition) is 3. The number of nitrogens with one attached hydrogen (secondary N) is 1. The summed E-state index contributed by atoms with van der Waals surface area (Å²) in [5.41, 5.74) is 2.45. The van der Waals surface area contributed by atoms with Gasteiger partial charge in [-0.05, 0) is 18.4 Å². The van der Waals surface area contributed by atoms with Gasteiger partial charge in [-0.3, -0.25) is 19.6 Å². The minimum absolute atomic E-state index is 0.236. The third-order valence-corrected chi connectivity index (χ3v) is 4.90. The zero-order chi connectivity index (χ0) is 18.4. The van der Waals surface area contributed by atoms with Crippen LogP contribution in [0.2, 0.25) is 0 Å². The van der Waals surface area contributed by atoms with Crippen LogP contribution in [-0.4, -0.2) is 46.1 Å². The monoisotopic (exact) mass is 348 g/mol. The summed E-state index contributed by atoms with van der Waals surface area (Å²) in [6.07, 6.45) is 2.78. The van der Waals surface area contributed by atoms with Crippen molar-refractivity contribution in [3.8, 4) is 0 Å². The van der Waals surface area contributed by atoms with Crippen molar-refractivity contribution in [1.29, 1.82) is 0 Å². The van der Waals surface area contributed by atoms with Crippen molar-refractivity contribution in [3.05, 3.63) is 35.9 Å². The number of carbonyl (C=O) groups is 3. The molecule has 1 aromatic rings. The van der Waals surface area contributed by atoms with Crippen molar-refractivity contribution < 1.29 is 24.7 Å². The number of likely N-dealkylation sites (N-methyl/N-ethyl adjacent to an activating group) is 1. The predicted molar refractivity (Wildman–Crippen MR) is 89.7 cm³/mol. The Balaban J connectivity index is 2.19. The minimum atomic E-state index is -0.974. The second kappa shape index (κ2) is 8.62. The quantitative estimate of drug-likeness (QED) is 0.533. The molecule has 1 unspecified atom stereocenters. The lowest BCUT2D eigenvalue weighted by molar-refractivity contribution is -0.154. The molecule has 0 aromatic heterocycles. The molecule has 1 fully saturated rings. The van der Waals surface area contributed by atoms with E-state index in [4.69, 9.17) is 5.21 Å². The molecule has 136 valence electrons. The Morgan fingerprint density at radius 3 is 2.32 bits per heavy atom. The number of aliphatic carboxylic acids is 1. The Hall–Kier alpha value is -2.41. The molecule has 2 rings (SSSR count). The van der Waals surface area contributed by atoms with E-state index in [2.05, 4.69) is 0 Å². The summed E-state index contributed by atoms with van der Waals surface area (Å²) in [4.78, 5) is 37.7. The first-order valence-corrected chi connectivity index (χ1v) is 8.43. The average Bonchev–Trinajstić information content (AvgIpc) is 2.65. The lowest BCUT2D eigenvalue weighted by atomic mass is 9.78. The molecule has 0 spiro atoms. The Morgan fingerprint density at radius 2 is 1.76 bits per heavy atom. The summed E-state index contributed by atoms with van der Waals surface area (Å²) in [6.45, 7) is 0. The third-order valence-electron chi connectivity index (χ3n) is 4.90. The molecule has 1 aliphatic rings. The van der Waals surface area contributed by atoms with Gasteiger partial charge in [0.15, 0.2) is 0 Å². The molecule has 7 nitrogen and oxygen atoms in total. The Bertz CT molecular complexity index is 619. The maximum Gasteiger partial charge on any atom is 0.307 e. The SMILES string of the molecule is CN(C(=O)[C@H]1CCCC[C@@H]1C(=O)O)C(Cc1ccccc1)C(=O)NO.